The molecule has 1 aromatic rings. The fourth-order valence-corrected chi connectivity index (χ4v) is 1.94. The van der Waals surface area contributed by atoms with Gasteiger partial charge in [-0.05, 0) is 31.9 Å². The van der Waals surface area contributed by atoms with Crippen LogP contribution in [0.15, 0.2) is 41.4 Å². The van der Waals surface area contributed by atoms with Gasteiger partial charge < -0.3 is 11.1 Å². The zero-order valence-corrected chi connectivity index (χ0v) is 13.2. The summed E-state index contributed by atoms with van der Waals surface area (Å²) in [7, 11) is 0. The van der Waals surface area contributed by atoms with E-state index in [2.05, 4.69) is 23.8 Å². The summed E-state index contributed by atoms with van der Waals surface area (Å²) in [4.78, 5) is 27.9. The van der Waals surface area contributed by atoms with Crippen LogP contribution in [-0.2, 0) is 4.79 Å². The monoisotopic (exact) mass is 301 g/mol. The molecule has 0 atom stereocenters. The van der Waals surface area contributed by atoms with Crippen LogP contribution in [0.4, 0.5) is 5.69 Å². The van der Waals surface area contributed by atoms with Crippen molar-refractivity contribution in [2.45, 2.75) is 33.1 Å². The highest BCUT2D eigenvalue weighted by Crippen LogP contribution is 2.21. The number of likely N-dealkylation sites (N-methyl/N-ethyl adjacent to an activating group) is 1. The van der Waals surface area contributed by atoms with Gasteiger partial charge >= 0.3 is 0 Å². The van der Waals surface area contributed by atoms with E-state index in [0.717, 1.165) is 12.8 Å². The molecular formula is C17H23N3O2. The Morgan fingerprint density at radius 3 is 2.55 bits per heavy atom. The predicted octanol–water partition coefficient (Wildman–Crippen LogP) is 2.74. The van der Waals surface area contributed by atoms with Gasteiger partial charge in [-0.2, -0.15) is 0 Å². The minimum absolute atomic E-state index is 0.242. The Morgan fingerprint density at radius 1 is 1.27 bits per heavy atom. The summed E-state index contributed by atoms with van der Waals surface area (Å²) < 4.78 is 0. The number of hydrogen-bond acceptors (Lipinski definition) is 3. The van der Waals surface area contributed by atoms with Crippen molar-refractivity contribution in [1.29, 1.82) is 0 Å². The Bertz CT molecular complexity index is 591. The van der Waals surface area contributed by atoms with Crippen molar-refractivity contribution in [3.63, 3.8) is 0 Å². The molecule has 0 aliphatic heterocycles. The lowest BCUT2D eigenvalue weighted by molar-refractivity contribution is -0.116. The summed E-state index contributed by atoms with van der Waals surface area (Å²) in [5, 5.41) is 2.71. The van der Waals surface area contributed by atoms with Crippen molar-refractivity contribution in [1.82, 2.24) is 5.32 Å². The molecule has 0 saturated carbocycles. The topological polar surface area (TPSA) is 84.6 Å². The summed E-state index contributed by atoms with van der Waals surface area (Å²) >= 11 is 0. The van der Waals surface area contributed by atoms with E-state index in [1.165, 1.54) is 0 Å². The summed E-state index contributed by atoms with van der Waals surface area (Å²) in [6, 6.07) is 6.82. The summed E-state index contributed by atoms with van der Waals surface area (Å²) in [6.07, 6.45) is 2.48. The number of hydrogen-bond donors (Lipinski definition) is 2. The van der Waals surface area contributed by atoms with Crippen molar-refractivity contribution < 1.29 is 9.59 Å². The fourth-order valence-electron chi connectivity index (χ4n) is 1.94. The summed E-state index contributed by atoms with van der Waals surface area (Å²) in [5.74, 6) is -0.785. The third-order valence-corrected chi connectivity index (χ3v) is 3.15. The van der Waals surface area contributed by atoms with Gasteiger partial charge in [-0.1, -0.05) is 32.1 Å². The van der Waals surface area contributed by atoms with Gasteiger partial charge in [-0.3, -0.25) is 14.6 Å². The SMILES string of the molecule is C=C(C(=O)NCC)C(CCCC)=Nc1ccccc1C(N)=O. The van der Waals surface area contributed by atoms with Crippen LogP contribution in [0.2, 0.25) is 0 Å². The van der Waals surface area contributed by atoms with Crippen LogP contribution in [0.25, 0.3) is 0 Å². The quantitative estimate of drug-likeness (QED) is 0.571. The number of nitrogens with zero attached hydrogens (tertiary/aromatic N) is 1. The molecule has 0 aromatic heterocycles. The zero-order valence-electron chi connectivity index (χ0n) is 13.2. The molecule has 1 rings (SSSR count). The number of aliphatic imine (C=N–C) groups is 1. The molecule has 0 fully saturated rings. The van der Waals surface area contributed by atoms with Crippen molar-refractivity contribution in [2.75, 3.05) is 6.54 Å². The average molecular weight is 301 g/mol. The maximum atomic E-state index is 12.0. The minimum atomic E-state index is -0.544. The number of nitrogens with one attached hydrogen (secondary N) is 1. The Balaban J connectivity index is 3.18. The summed E-state index contributed by atoms with van der Waals surface area (Å²) in [5.41, 5.74) is 7.08. The van der Waals surface area contributed by atoms with Crippen LogP contribution in [0.5, 0.6) is 0 Å². The number of benzene rings is 1. The number of amides is 2. The van der Waals surface area contributed by atoms with E-state index in [1.54, 1.807) is 24.3 Å². The third kappa shape index (κ3) is 4.84. The highest BCUT2D eigenvalue weighted by Gasteiger charge is 2.14. The molecule has 5 nitrogen and oxygen atoms in total. The molecule has 0 unspecified atom stereocenters. The number of nitrogens with two attached hydrogens (primary N) is 1. The molecule has 118 valence electrons. The highest BCUT2D eigenvalue weighted by molar-refractivity contribution is 6.21. The Labute approximate surface area is 131 Å². The van der Waals surface area contributed by atoms with E-state index >= 15 is 0 Å². The number of primary amides is 1. The van der Waals surface area contributed by atoms with Gasteiger partial charge in [0, 0.05) is 6.54 Å². The number of para-hydroxylation sites is 1. The number of carbonyl (C=O) groups is 2. The van der Waals surface area contributed by atoms with E-state index in [4.69, 9.17) is 5.73 Å². The van der Waals surface area contributed by atoms with E-state index in [-0.39, 0.29) is 5.91 Å². The van der Waals surface area contributed by atoms with Crippen molar-refractivity contribution in [2.24, 2.45) is 10.7 Å². The second kappa shape index (κ2) is 8.77. The maximum absolute atomic E-state index is 12.0. The van der Waals surface area contributed by atoms with Gasteiger partial charge in [-0.15, -0.1) is 0 Å². The van der Waals surface area contributed by atoms with Gasteiger partial charge in [0.25, 0.3) is 11.8 Å². The molecule has 5 heteroatoms. The van der Waals surface area contributed by atoms with Crippen molar-refractivity contribution in [3.05, 3.63) is 42.0 Å². The second-order valence-corrected chi connectivity index (χ2v) is 4.88. The number of carbonyl (C=O) groups excluding carboxylic acids is 2. The lowest BCUT2D eigenvalue weighted by Crippen LogP contribution is -2.27. The van der Waals surface area contributed by atoms with Gasteiger partial charge in [-0.25, -0.2) is 0 Å². The fraction of sp³-hybridized carbons (Fsp3) is 0.353. The van der Waals surface area contributed by atoms with Crippen LogP contribution in [-0.4, -0.2) is 24.1 Å². The molecule has 22 heavy (non-hydrogen) atoms. The van der Waals surface area contributed by atoms with Gasteiger partial charge in [0.15, 0.2) is 0 Å². The normalized spacial score (nSPS) is 11.1. The Hall–Kier alpha value is -2.43. The Morgan fingerprint density at radius 2 is 1.95 bits per heavy atom. The van der Waals surface area contributed by atoms with Crippen molar-refractivity contribution >= 4 is 23.2 Å². The van der Waals surface area contributed by atoms with E-state index < -0.39 is 5.91 Å². The van der Waals surface area contributed by atoms with Crippen LogP contribution < -0.4 is 11.1 Å². The Kier molecular flexibility index (Phi) is 7.02. The van der Waals surface area contributed by atoms with Gasteiger partial charge in [0.1, 0.15) is 0 Å². The molecule has 0 spiro atoms. The number of rotatable bonds is 8. The first-order valence-electron chi connectivity index (χ1n) is 7.45. The first-order chi connectivity index (χ1) is 10.5. The molecule has 0 bridgehead atoms. The van der Waals surface area contributed by atoms with Gasteiger partial charge in [0.05, 0.1) is 22.5 Å². The van der Waals surface area contributed by atoms with Crippen LogP contribution in [0.1, 0.15) is 43.5 Å². The van der Waals surface area contributed by atoms with Crippen LogP contribution >= 0.6 is 0 Å². The molecule has 0 saturated heterocycles. The molecule has 2 amide bonds. The minimum Gasteiger partial charge on any atom is -0.366 e. The molecule has 3 N–H and O–H groups in total. The van der Waals surface area contributed by atoms with Crippen molar-refractivity contribution in [3.8, 4) is 0 Å². The standard InChI is InChI=1S/C17H23N3O2/c1-4-6-10-14(12(3)17(22)19-5-2)20-15-11-8-7-9-13(15)16(18)21/h7-9,11H,3-6,10H2,1-2H3,(H2,18,21)(H,19,22). The average Bonchev–Trinajstić information content (AvgIpc) is 2.51. The second-order valence-electron chi connectivity index (χ2n) is 4.88. The molecular weight excluding hydrogens is 278 g/mol. The highest BCUT2D eigenvalue weighted by atomic mass is 16.2. The molecule has 0 aliphatic rings. The lowest BCUT2D eigenvalue weighted by atomic mass is 10.0. The van der Waals surface area contributed by atoms with Crippen LogP contribution in [0, 0.1) is 0 Å². The molecule has 1 aromatic carbocycles. The number of unbranched alkanes of at least 4 members (excludes halogenated alkanes) is 1. The zero-order chi connectivity index (χ0) is 16.5. The molecule has 0 radical (unpaired) electrons. The maximum Gasteiger partial charge on any atom is 0.252 e. The summed E-state index contributed by atoms with van der Waals surface area (Å²) in [6.45, 7) is 8.27. The third-order valence-electron chi connectivity index (χ3n) is 3.15. The molecule has 0 heterocycles. The first-order valence-corrected chi connectivity index (χ1v) is 7.45. The molecule has 0 aliphatic carbocycles. The largest absolute Gasteiger partial charge is 0.366 e. The lowest BCUT2D eigenvalue weighted by Gasteiger charge is -2.10. The smallest absolute Gasteiger partial charge is 0.252 e. The van der Waals surface area contributed by atoms with Crippen LogP contribution in [0.3, 0.4) is 0 Å². The van der Waals surface area contributed by atoms with E-state index in [0.29, 0.717) is 35.5 Å². The first kappa shape index (κ1) is 17.6. The van der Waals surface area contributed by atoms with Gasteiger partial charge in [0.2, 0.25) is 0 Å². The predicted molar refractivity (Wildman–Crippen MR) is 89.4 cm³/mol. The van der Waals surface area contributed by atoms with E-state index in [9.17, 15) is 9.59 Å². The van der Waals surface area contributed by atoms with E-state index in [1.807, 2.05) is 6.92 Å².